The second kappa shape index (κ2) is 20.0. The molecule has 0 aromatic heterocycles. The number of hydrogen-bond acceptors (Lipinski definition) is 4. The molecule has 0 bridgehead atoms. The number of carboxylic acid groups (broad SMARTS) is 1. The molecule has 0 heterocycles. The van der Waals surface area contributed by atoms with E-state index in [1.54, 1.807) is 25.9 Å². The van der Waals surface area contributed by atoms with Crippen molar-refractivity contribution < 1.29 is 20.1 Å². The molecule has 0 saturated heterocycles. The Bertz CT molecular complexity index is 388. The molecular weight excluding hydrogens is 390 g/mol. The van der Waals surface area contributed by atoms with E-state index in [-0.39, 0.29) is 11.8 Å². The Morgan fingerprint density at radius 1 is 0.774 bits per heavy atom. The summed E-state index contributed by atoms with van der Waals surface area (Å²) in [5, 5.41) is 28.0. The molecule has 0 spiro atoms. The first-order valence-corrected chi connectivity index (χ1v) is 12.8. The average Bonchev–Trinajstić information content (AvgIpc) is 2.70. The van der Waals surface area contributed by atoms with Crippen LogP contribution in [0.4, 0.5) is 0 Å². The van der Waals surface area contributed by atoms with Crippen molar-refractivity contribution in [2.24, 2.45) is 11.8 Å². The molecule has 0 aliphatic heterocycles. The Morgan fingerprint density at radius 3 is 1.35 bits per heavy atom. The lowest BCUT2D eigenvalue weighted by Gasteiger charge is -2.40. The Kier molecular flexibility index (Phi) is 21.0. The third-order valence-corrected chi connectivity index (χ3v) is 6.34. The molecule has 3 unspecified atom stereocenters. The smallest absolute Gasteiger partial charge is 0.306 e. The summed E-state index contributed by atoms with van der Waals surface area (Å²) in [5.74, 6) is -0.802. The highest BCUT2D eigenvalue weighted by Gasteiger charge is 2.38. The molecule has 31 heavy (non-hydrogen) atoms. The van der Waals surface area contributed by atoms with Gasteiger partial charge in [-0.3, -0.25) is 9.69 Å². The van der Waals surface area contributed by atoms with Crippen LogP contribution in [0.2, 0.25) is 0 Å². The second-order valence-electron chi connectivity index (χ2n) is 9.78. The Balaban J connectivity index is 0. The van der Waals surface area contributed by atoms with Crippen LogP contribution < -0.4 is 0 Å². The molecule has 0 aromatic rings. The third kappa shape index (κ3) is 16.6. The monoisotopic (exact) mass is 445 g/mol. The fraction of sp³-hybridized carbons (Fsp3) is 0.962. The van der Waals surface area contributed by atoms with E-state index in [1.807, 2.05) is 20.8 Å². The van der Waals surface area contributed by atoms with Gasteiger partial charge in [0.1, 0.15) is 5.72 Å². The minimum atomic E-state index is -1.11. The van der Waals surface area contributed by atoms with E-state index in [0.717, 1.165) is 12.8 Å². The van der Waals surface area contributed by atoms with E-state index >= 15 is 0 Å². The minimum Gasteiger partial charge on any atom is -0.481 e. The fourth-order valence-corrected chi connectivity index (χ4v) is 3.96. The molecular formula is C26H55NO4. The molecule has 0 fully saturated rings. The summed E-state index contributed by atoms with van der Waals surface area (Å²) in [6.45, 7) is 9.44. The Morgan fingerprint density at radius 2 is 1.13 bits per heavy atom. The summed E-state index contributed by atoms with van der Waals surface area (Å²) in [6.07, 6.45) is 17.6. The van der Waals surface area contributed by atoms with Gasteiger partial charge in [0.05, 0.1) is 12.0 Å². The van der Waals surface area contributed by atoms with Crippen LogP contribution in [0, 0.1) is 11.8 Å². The maximum atomic E-state index is 10.6. The van der Waals surface area contributed by atoms with Crippen molar-refractivity contribution >= 4 is 5.97 Å². The quantitative estimate of drug-likeness (QED) is 0.167. The van der Waals surface area contributed by atoms with Crippen LogP contribution in [0.5, 0.6) is 0 Å². The van der Waals surface area contributed by atoms with Crippen LogP contribution in [0.25, 0.3) is 0 Å². The van der Waals surface area contributed by atoms with Crippen molar-refractivity contribution in [2.45, 2.75) is 136 Å². The Labute approximate surface area is 193 Å². The van der Waals surface area contributed by atoms with Gasteiger partial charge in [-0.05, 0) is 33.4 Å². The molecule has 0 radical (unpaired) electrons. The number of carboxylic acids is 1. The van der Waals surface area contributed by atoms with Crippen LogP contribution in [-0.2, 0) is 4.79 Å². The van der Waals surface area contributed by atoms with Crippen LogP contribution in [0.15, 0.2) is 0 Å². The highest BCUT2D eigenvalue weighted by Crippen LogP contribution is 2.23. The lowest BCUT2D eigenvalue weighted by Crippen LogP contribution is -2.56. The number of rotatable bonds is 18. The van der Waals surface area contributed by atoms with E-state index in [1.165, 1.54) is 77.0 Å². The molecule has 0 amide bonds. The molecule has 5 nitrogen and oxygen atoms in total. The van der Waals surface area contributed by atoms with Crippen molar-refractivity contribution in [1.29, 1.82) is 0 Å². The normalized spacial score (nSPS) is 15.3. The number of hydrogen-bond donors (Lipinski definition) is 3. The van der Waals surface area contributed by atoms with Crippen molar-refractivity contribution in [1.82, 2.24) is 4.90 Å². The molecule has 0 aromatic carbocycles. The molecule has 3 N–H and O–H groups in total. The third-order valence-electron chi connectivity index (χ3n) is 6.34. The fourth-order valence-electron chi connectivity index (χ4n) is 3.96. The summed E-state index contributed by atoms with van der Waals surface area (Å²) >= 11 is 0. The maximum absolute atomic E-state index is 10.6. The number of aliphatic hydroxyl groups excluding tert-OH is 1. The van der Waals surface area contributed by atoms with Crippen molar-refractivity contribution in [3.8, 4) is 0 Å². The zero-order valence-corrected chi connectivity index (χ0v) is 21.8. The molecule has 5 heteroatoms. The van der Waals surface area contributed by atoms with E-state index in [4.69, 9.17) is 5.11 Å². The largest absolute Gasteiger partial charge is 0.481 e. The predicted octanol–water partition coefficient (Wildman–Crippen LogP) is 6.46. The first kappa shape index (κ1) is 32.5. The molecule has 188 valence electrons. The van der Waals surface area contributed by atoms with Gasteiger partial charge in [-0.2, -0.15) is 0 Å². The summed E-state index contributed by atoms with van der Waals surface area (Å²) in [6, 6.07) is 0. The van der Waals surface area contributed by atoms with E-state index in [2.05, 4.69) is 6.92 Å². The standard InChI is InChI=1S/C18H36O2.C8H19NO2/c1-3-4-5-6-7-8-9-10-11-12-13-14-15-16-17(2)18(19)20;1-6(2)8(11,7(3)10)9(4)5/h17H,3-16H2,1-2H3,(H,19,20);6-7,10-11H,1-5H3. The summed E-state index contributed by atoms with van der Waals surface area (Å²) in [5.41, 5.74) is -1.11. The van der Waals surface area contributed by atoms with Gasteiger partial charge >= 0.3 is 5.97 Å². The van der Waals surface area contributed by atoms with Crippen LogP contribution >= 0.6 is 0 Å². The van der Waals surface area contributed by atoms with Gasteiger partial charge in [-0.15, -0.1) is 0 Å². The first-order chi connectivity index (χ1) is 14.5. The minimum absolute atomic E-state index is 0.0116. The van der Waals surface area contributed by atoms with Gasteiger partial charge < -0.3 is 15.3 Å². The van der Waals surface area contributed by atoms with Gasteiger partial charge in [0.15, 0.2) is 0 Å². The lowest BCUT2D eigenvalue weighted by atomic mass is 9.93. The SMILES string of the molecule is CC(C)C(O)(C(C)O)N(C)C.CCCCCCCCCCCCCCCC(C)C(=O)O. The van der Waals surface area contributed by atoms with Gasteiger partial charge in [0, 0.05) is 0 Å². The average molecular weight is 446 g/mol. The number of aliphatic hydroxyl groups is 2. The number of aliphatic carboxylic acids is 1. The molecule has 0 rings (SSSR count). The van der Waals surface area contributed by atoms with Gasteiger partial charge in [-0.1, -0.05) is 111 Å². The number of nitrogens with zero attached hydrogens (tertiary/aromatic N) is 1. The lowest BCUT2D eigenvalue weighted by molar-refractivity contribution is -0.183. The van der Waals surface area contributed by atoms with Gasteiger partial charge in [0.2, 0.25) is 0 Å². The van der Waals surface area contributed by atoms with E-state index in [0.29, 0.717) is 0 Å². The summed E-state index contributed by atoms with van der Waals surface area (Å²) in [7, 11) is 3.51. The van der Waals surface area contributed by atoms with Gasteiger partial charge in [0.25, 0.3) is 0 Å². The predicted molar refractivity (Wildman–Crippen MR) is 132 cm³/mol. The van der Waals surface area contributed by atoms with E-state index in [9.17, 15) is 15.0 Å². The van der Waals surface area contributed by atoms with Crippen molar-refractivity contribution in [3.63, 3.8) is 0 Å². The number of unbranched alkanes of at least 4 members (excludes halogenated alkanes) is 12. The molecule has 0 saturated carbocycles. The molecule has 0 aliphatic rings. The van der Waals surface area contributed by atoms with Crippen LogP contribution in [0.3, 0.4) is 0 Å². The van der Waals surface area contributed by atoms with Crippen LogP contribution in [-0.4, -0.2) is 52.1 Å². The molecule has 0 aliphatic carbocycles. The zero-order chi connectivity index (χ0) is 24.3. The maximum Gasteiger partial charge on any atom is 0.306 e. The highest BCUT2D eigenvalue weighted by molar-refractivity contribution is 5.69. The van der Waals surface area contributed by atoms with Crippen LogP contribution in [0.1, 0.15) is 125 Å². The van der Waals surface area contributed by atoms with Crippen molar-refractivity contribution in [2.75, 3.05) is 14.1 Å². The Hall–Kier alpha value is -0.650. The first-order valence-electron chi connectivity index (χ1n) is 12.8. The molecule has 3 atom stereocenters. The van der Waals surface area contributed by atoms with E-state index < -0.39 is 17.8 Å². The topological polar surface area (TPSA) is 81.0 Å². The highest BCUT2D eigenvalue weighted by atomic mass is 16.4. The van der Waals surface area contributed by atoms with Gasteiger partial charge in [-0.25, -0.2) is 0 Å². The number of likely N-dealkylation sites (N-methyl/N-ethyl adjacent to an activating group) is 1. The zero-order valence-electron chi connectivity index (χ0n) is 21.8. The summed E-state index contributed by atoms with van der Waals surface area (Å²) < 4.78 is 0. The number of carbonyl (C=O) groups is 1. The second-order valence-corrected chi connectivity index (χ2v) is 9.78. The summed E-state index contributed by atoms with van der Waals surface area (Å²) in [4.78, 5) is 12.3. The van der Waals surface area contributed by atoms with Crippen molar-refractivity contribution in [3.05, 3.63) is 0 Å².